The van der Waals surface area contributed by atoms with Crippen LogP contribution in [0.4, 0.5) is 0 Å². The van der Waals surface area contributed by atoms with Crippen molar-refractivity contribution in [1.82, 2.24) is 10.2 Å². The highest BCUT2D eigenvalue weighted by Crippen LogP contribution is 2.13. The third-order valence-corrected chi connectivity index (χ3v) is 4.18. The summed E-state index contributed by atoms with van der Waals surface area (Å²) in [6.45, 7) is 6.14. The minimum absolute atomic E-state index is 0.0229. The molecule has 1 aliphatic heterocycles. The summed E-state index contributed by atoms with van der Waals surface area (Å²) >= 11 is 3.34. The third-order valence-electron chi connectivity index (χ3n) is 3.65. The van der Waals surface area contributed by atoms with Crippen LogP contribution in [0.3, 0.4) is 0 Å². The molecule has 2 amide bonds. The lowest BCUT2D eigenvalue weighted by atomic mass is 10.0. The smallest absolute Gasteiger partial charge is 0.251 e. The first-order valence-electron chi connectivity index (χ1n) is 7.42. The van der Waals surface area contributed by atoms with Crippen LogP contribution in [-0.2, 0) is 9.53 Å². The quantitative estimate of drug-likeness (QED) is 0.884. The molecule has 0 aliphatic carbocycles. The second kappa shape index (κ2) is 7.74. The minimum Gasteiger partial charge on any atom is -0.378 e. The van der Waals surface area contributed by atoms with Crippen LogP contribution in [0, 0.1) is 5.92 Å². The van der Waals surface area contributed by atoms with E-state index >= 15 is 0 Å². The van der Waals surface area contributed by atoms with Crippen molar-refractivity contribution in [1.29, 1.82) is 0 Å². The van der Waals surface area contributed by atoms with Crippen molar-refractivity contribution in [2.75, 3.05) is 26.3 Å². The Labute approximate surface area is 139 Å². The van der Waals surface area contributed by atoms with Gasteiger partial charge in [0, 0.05) is 23.1 Å². The Balaban J connectivity index is 2.06. The average Bonchev–Trinajstić information content (AvgIpc) is 2.53. The molecule has 6 heteroatoms. The van der Waals surface area contributed by atoms with Crippen LogP contribution in [-0.4, -0.2) is 49.1 Å². The molecule has 0 saturated carbocycles. The molecule has 1 aromatic carbocycles. The highest BCUT2D eigenvalue weighted by molar-refractivity contribution is 9.10. The Bertz CT molecular complexity index is 525. The van der Waals surface area contributed by atoms with Crippen molar-refractivity contribution in [2.45, 2.75) is 19.9 Å². The van der Waals surface area contributed by atoms with E-state index in [1.165, 1.54) is 0 Å². The zero-order valence-corrected chi connectivity index (χ0v) is 14.4. The maximum absolute atomic E-state index is 12.6. The maximum atomic E-state index is 12.6. The fourth-order valence-corrected chi connectivity index (χ4v) is 2.58. The van der Waals surface area contributed by atoms with E-state index in [0.29, 0.717) is 31.9 Å². The molecule has 1 fully saturated rings. The van der Waals surface area contributed by atoms with E-state index in [-0.39, 0.29) is 17.7 Å². The van der Waals surface area contributed by atoms with Crippen LogP contribution in [0.2, 0.25) is 0 Å². The lowest BCUT2D eigenvalue weighted by Crippen LogP contribution is -2.53. The third kappa shape index (κ3) is 4.30. The molecule has 1 heterocycles. The Hall–Kier alpha value is -1.40. The number of hydrogen-bond acceptors (Lipinski definition) is 3. The fourth-order valence-electron chi connectivity index (χ4n) is 2.32. The van der Waals surface area contributed by atoms with Crippen LogP contribution >= 0.6 is 15.9 Å². The summed E-state index contributed by atoms with van der Waals surface area (Å²) in [5.74, 6) is -0.244. The van der Waals surface area contributed by atoms with Gasteiger partial charge < -0.3 is 15.0 Å². The first-order valence-corrected chi connectivity index (χ1v) is 8.21. The molecule has 2 rings (SSSR count). The van der Waals surface area contributed by atoms with Gasteiger partial charge in [0.25, 0.3) is 5.91 Å². The lowest BCUT2D eigenvalue weighted by molar-refractivity contribution is -0.138. The number of nitrogens with one attached hydrogen (secondary N) is 1. The summed E-state index contributed by atoms with van der Waals surface area (Å²) in [6, 6.07) is 6.56. The molecule has 5 nitrogen and oxygen atoms in total. The first kappa shape index (κ1) is 17.0. The van der Waals surface area contributed by atoms with E-state index in [4.69, 9.17) is 4.74 Å². The van der Waals surface area contributed by atoms with Crippen LogP contribution in [0.25, 0.3) is 0 Å². The minimum atomic E-state index is -0.519. The zero-order chi connectivity index (χ0) is 16.1. The standard InChI is InChI=1S/C16H21BrN2O3/c1-11(2)14(16(21)19-7-9-22-10-8-19)18-15(20)12-3-5-13(17)6-4-12/h3-6,11,14H,7-10H2,1-2H3,(H,18,20)/t14-/m1/s1. The highest BCUT2D eigenvalue weighted by Gasteiger charge is 2.29. The summed E-state index contributed by atoms with van der Waals surface area (Å²) in [4.78, 5) is 26.7. The van der Waals surface area contributed by atoms with Crippen LogP contribution in [0.5, 0.6) is 0 Å². The predicted molar refractivity (Wildman–Crippen MR) is 87.6 cm³/mol. The van der Waals surface area contributed by atoms with Gasteiger partial charge in [-0.1, -0.05) is 29.8 Å². The average molecular weight is 369 g/mol. The van der Waals surface area contributed by atoms with E-state index in [9.17, 15) is 9.59 Å². The Morgan fingerprint density at radius 2 is 1.77 bits per heavy atom. The van der Waals surface area contributed by atoms with E-state index in [0.717, 1.165) is 4.47 Å². The molecule has 22 heavy (non-hydrogen) atoms. The van der Waals surface area contributed by atoms with Gasteiger partial charge in [0.2, 0.25) is 5.91 Å². The van der Waals surface area contributed by atoms with Crippen LogP contribution < -0.4 is 5.32 Å². The number of amides is 2. The van der Waals surface area contributed by atoms with Gasteiger partial charge in [-0.05, 0) is 30.2 Å². The summed E-state index contributed by atoms with van der Waals surface area (Å²) in [5.41, 5.74) is 0.545. The van der Waals surface area contributed by atoms with Crippen molar-refractivity contribution in [3.63, 3.8) is 0 Å². The summed E-state index contributed by atoms with van der Waals surface area (Å²) in [5, 5.41) is 2.86. The molecule has 120 valence electrons. The number of morpholine rings is 1. The number of hydrogen-bond donors (Lipinski definition) is 1. The molecule has 1 saturated heterocycles. The second-order valence-electron chi connectivity index (χ2n) is 5.64. The van der Waals surface area contributed by atoms with E-state index < -0.39 is 6.04 Å². The molecule has 0 aromatic heterocycles. The van der Waals surface area contributed by atoms with Crippen molar-refractivity contribution < 1.29 is 14.3 Å². The number of rotatable bonds is 4. The number of halogens is 1. The van der Waals surface area contributed by atoms with Gasteiger partial charge in [0.05, 0.1) is 13.2 Å². The van der Waals surface area contributed by atoms with Crippen LogP contribution in [0.15, 0.2) is 28.7 Å². The van der Waals surface area contributed by atoms with E-state index in [2.05, 4.69) is 21.2 Å². The van der Waals surface area contributed by atoms with Crippen molar-refractivity contribution >= 4 is 27.7 Å². The number of nitrogens with zero attached hydrogens (tertiary/aromatic N) is 1. The number of carbonyl (C=O) groups excluding carboxylic acids is 2. The Morgan fingerprint density at radius 3 is 2.32 bits per heavy atom. The largest absolute Gasteiger partial charge is 0.378 e. The number of ether oxygens (including phenoxy) is 1. The topological polar surface area (TPSA) is 58.6 Å². The first-order chi connectivity index (χ1) is 10.5. The monoisotopic (exact) mass is 368 g/mol. The molecule has 0 spiro atoms. The predicted octanol–water partition coefficient (Wildman–Crippen LogP) is 2.06. The SMILES string of the molecule is CC(C)[C@@H](NC(=O)c1ccc(Br)cc1)C(=O)N1CCOCC1. The fraction of sp³-hybridized carbons (Fsp3) is 0.500. The summed E-state index contributed by atoms with van der Waals surface area (Å²) in [6.07, 6.45) is 0. The van der Waals surface area contributed by atoms with E-state index in [1.807, 2.05) is 26.0 Å². The van der Waals surface area contributed by atoms with Crippen molar-refractivity contribution in [3.8, 4) is 0 Å². The Kier molecular flexibility index (Phi) is 5.97. The molecule has 0 radical (unpaired) electrons. The molecule has 0 unspecified atom stereocenters. The molecular weight excluding hydrogens is 348 g/mol. The molecule has 1 aliphatic rings. The summed E-state index contributed by atoms with van der Waals surface area (Å²) in [7, 11) is 0. The van der Waals surface area contributed by atoms with Gasteiger partial charge in [-0.15, -0.1) is 0 Å². The zero-order valence-electron chi connectivity index (χ0n) is 12.8. The molecule has 1 N–H and O–H groups in total. The summed E-state index contributed by atoms with van der Waals surface area (Å²) < 4.78 is 6.18. The van der Waals surface area contributed by atoms with Crippen molar-refractivity contribution in [2.24, 2.45) is 5.92 Å². The Morgan fingerprint density at radius 1 is 1.18 bits per heavy atom. The van der Waals surface area contributed by atoms with Gasteiger partial charge in [-0.2, -0.15) is 0 Å². The highest BCUT2D eigenvalue weighted by atomic mass is 79.9. The van der Waals surface area contributed by atoms with Gasteiger partial charge in [-0.25, -0.2) is 0 Å². The molecular formula is C16H21BrN2O3. The van der Waals surface area contributed by atoms with E-state index in [1.54, 1.807) is 17.0 Å². The van der Waals surface area contributed by atoms with Crippen LogP contribution in [0.1, 0.15) is 24.2 Å². The normalized spacial score (nSPS) is 16.5. The van der Waals surface area contributed by atoms with Gasteiger partial charge in [0.1, 0.15) is 6.04 Å². The molecule has 1 aromatic rings. The van der Waals surface area contributed by atoms with Crippen molar-refractivity contribution in [3.05, 3.63) is 34.3 Å². The van der Waals surface area contributed by atoms with Gasteiger partial charge >= 0.3 is 0 Å². The lowest BCUT2D eigenvalue weighted by Gasteiger charge is -2.32. The number of benzene rings is 1. The molecule has 1 atom stereocenters. The van der Waals surface area contributed by atoms with Gasteiger partial charge in [0.15, 0.2) is 0 Å². The van der Waals surface area contributed by atoms with Gasteiger partial charge in [-0.3, -0.25) is 9.59 Å². The maximum Gasteiger partial charge on any atom is 0.251 e. The second-order valence-corrected chi connectivity index (χ2v) is 6.56. The number of carbonyl (C=O) groups is 2. The molecule has 0 bridgehead atoms.